The zero-order valence-corrected chi connectivity index (χ0v) is 10.7. The molecule has 1 aromatic carbocycles. The minimum atomic E-state index is 0.889. The van der Waals surface area contributed by atoms with Gasteiger partial charge in [-0.2, -0.15) is 0 Å². The molecule has 0 nitrogen and oxygen atoms in total. The molecule has 72 valence electrons. The highest BCUT2D eigenvalue weighted by Gasteiger charge is 2.32. The van der Waals surface area contributed by atoms with Crippen molar-refractivity contribution < 1.29 is 0 Å². The molecule has 0 saturated heterocycles. The number of benzene rings is 1. The van der Waals surface area contributed by atoms with Crippen molar-refractivity contribution in [1.29, 1.82) is 0 Å². The van der Waals surface area contributed by atoms with Crippen molar-refractivity contribution in [2.24, 2.45) is 11.8 Å². The number of rotatable bonds is 1. The molecular formula is C13H16Si. The summed E-state index contributed by atoms with van der Waals surface area (Å²) in [4.78, 5) is 0. The molecule has 1 fully saturated rings. The molecule has 14 heavy (non-hydrogen) atoms. The summed E-state index contributed by atoms with van der Waals surface area (Å²) in [5.74, 6) is 1.80. The lowest BCUT2D eigenvalue weighted by Crippen LogP contribution is -2.02. The predicted octanol–water partition coefficient (Wildman–Crippen LogP) is 1.49. The summed E-state index contributed by atoms with van der Waals surface area (Å²) >= 11 is 0. The summed E-state index contributed by atoms with van der Waals surface area (Å²) in [5.41, 5.74) is 3.12. The van der Waals surface area contributed by atoms with Crippen LogP contribution in [-0.4, -0.2) is 10.2 Å². The van der Waals surface area contributed by atoms with E-state index in [-0.39, 0.29) is 0 Å². The van der Waals surface area contributed by atoms with Gasteiger partial charge in [0.05, 0.1) is 0 Å². The molecule has 2 atom stereocenters. The Bertz CT molecular complexity index is 375. The van der Waals surface area contributed by atoms with Gasteiger partial charge in [0.15, 0.2) is 0 Å². The van der Waals surface area contributed by atoms with Crippen molar-refractivity contribution in [2.45, 2.75) is 19.3 Å². The lowest BCUT2D eigenvalue weighted by Gasteiger charge is -2.13. The molecule has 2 aliphatic rings. The van der Waals surface area contributed by atoms with Crippen molar-refractivity contribution in [3.63, 3.8) is 0 Å². The smallest absolute Gasteiger partial charge is 0.0384 e. The molecule has 2 aliphatic carbocycles. The second-order valence-electron chi connectivity index (χ2n) is 4.76. The van der Waals surface area contributed by atoms with Crippen LogP contribution in [0.15, 0.2) is 30.3 Å². The number of allylic oxidation sites excluding steroid dienone is 2. The van der Waals surface area contributed by atoms with Crippen LogP contribution in [-0.2, 0) is 0 Å². The third-order valence-electron chi connectivity index (χ3n) is 3.71. The van der Waals surface area contributed by atoms with Gasteiger partial charge in [0.1, 0.15) is 0 Å². The molecule has 1 saturated carbocycles. The van der Waals surface area contributed by atoms with Crippen LogP contribution in [0, 0.1) is 11.8 Å². The number of hydrogen-bond acceptors (Lipinski definition) is 0. The molecule has 0 aliphatic heterocycles. The van der Waals surface area contributed by atoms with Gasteiger partial charge in [-0.1, -0.05) is 35.5 Å². The van der Waals surface area contributed by atoms with Gasteiger partial charge in [0.2, 0.25) is 0 Å². The maximum Gasteiger partial charge on any atom is 0.0384 e. The minimum Gasteiger partial charge on any atom is -0.0773 e. The fraction of sp³-hybridized carbons (Fsp3) is 0.385. The zero-order valence-electron chi connectivity index (χ0n) is 8.66. The van der Waals surface area contributed by atoms with Crippen molar-refractivity contribution >= 4 is 21.0 Å². The van der Waals surface area contributed by atoms with Crippen LogP contribution >= 0.6 is 0 Å². The van der Waals surface area contributed by atoms with Crippen molar-refractivity contribution in [3.05, 3.63) is 35.9 Å². The van der Waals surface area contributed by atoms with Gasteiger partial charge in [-0.3, -0.25) is 0 Å². The normalized spacial score (nSPS) is 29.6. The van der Waals surface area contributed by atoms with E-state index in [0.717, 1.165) is 11.8 Å². The van der Waals surface area contributed by atoms with E-state index in [1.165, 1.54) is 40.3 Å². The first-order chi connectivity index (χ1) is 6.83. The van der Waals surface area contributed by atoms with Crippen molar-refractivity contribution in [2.75, 3.05) is 0 Å². The Kier molecular flexibility index (Phi) is 1.87. The molecule has 2 bridgehead atoms. The van der Waals surface area contributed by atoms with E-state index in [1.54, 1.807) is 5.57 Å². The van der Waals surface area contributed by atoms with Gasteiger partial charge in [-0.05, 0) is 42.2 Å². The van der Waals surface area contributed by atoms with Gasteiger partial charge in [-0.15, -0.1) is 0 Å². The van der Waals surface area contributed by atoms with Crippen LogP contribution < -0.4 is 5.19 Å². The van der Waals surface area contributed by atoms with Gasteiger partial charge in [0, 0.05) is 10.2 Å². The lowest BCUT2D eigenvalue weighted by atomic mass is 9.92. The first kappa shape index (κ1) is 8.48. The van der Waals surface area contributed by atoms with Gasteiger partial charge in [-0.25, -0.2) is 0 Å². The number of hydrogen-bond donors (Lipinski definition) is 0. The molecule has 0 spiro atoms. The monoisotopic (exact) mass is 200 g/mol. The fourth-order valence-corrected chi connectivity index (χ4v) is 3.25. The van der Waals surface area contributed by atoms with Crippen LogP contribution in [0.5, 0.6) is 0 Å². The first-order valence-corrected chi connectivity index (χ1v) is 6.62. The van der Waals surface area contributed by atoms with E-state index in [4.69, 9.17) is 0 Å². The quantitative estimate of drug-likeness (QED) is 0.603. The summed E-state index contributed by atoms with van der Waals surface area (Å²) in [7, 11) is 1.17. The highest BCUT2D eigenvalue weighted by atomic mass is 28.1. The average molecular weight is 200 g/mol. The summed E-state index contributed by atoms with van der Waals surface area (Å²) in [6.45, 7) is 0. The van der Waals surface area contributed by atoms with E-state index in [9.17, 15) is 0 Å². The van der Waals surface area contributed by atoms with Gasteiger partial charge >= 0.3 is 0 Å². The van der Waals surface area contributed by atoms with Crippen LogP contribution in [0.25, 0.3) is 5.57 Å². The van der Waals surface area contributed by atoms with Crippen molar-refractivity contribution in [3.8, 4) is 0 Å². The standard InChI is InChI=1S/C13H16Si/c14-12-5-3-10(4-6-12)13-8-9-1-2-11(13)7-9/h3-6,8-9,11H,1-2,7H2,14H3. The van der Waals surface area contributed by atoms with Crippen molar-refractivity contribution in [1.82, 2.24) is 0 Å². The first-order valence-electron chi connectivity index (χ1n) is 5.62. The van der Waals surface area contributed by atoms with Gasteiger partial charge < -0.3 is 0 Å². The Labute approximate surface area is 88.5 Å². The Morgan fingerprint density at radius 1 is 1.07 bits per heavy atom. The maximum absolute atomic E-state index is 2.52. The Balaban J connectivity index is 1.96. The summed E-state index contributed by atoms with van der Waals surface area (Å²) < 4.78 is 0. The van der Waals surface area contributed by atoms with Crippen LogP contribution in [0.3, 0.4) is 0 Å². The van der Waals surface area contributed by atoms with E-state index in [2.05, 4.69) is 30.3 Å². The molecule has 1 aromatic rings. The predicted molar refractivity (Wildman–Crippen MR) is 64.8 cm³/mol. The summed E-state index contributed by atoms with van der Waals surface area (Å²) in [6, 6.07) is 9.20. The summed E-state index contributed by atoms with van der Waals surface area (Å²) in [5, 5.41) is 1.50. The summed E-state index contributed by atoms with van der Waals surface area (Å²) in [6.07, 6.45) is 6.82. The van der Waals surface area contributed by atoms with Gasteiger partial charge in [0.25, 0.3) is 0 Å². The minimum absolute atomic E-state index is 0.889. The Morgan fingerprint density at radius 3 is 2.43 bits per heavy atom. The third-order valence-corrected chi connectivity index (χ3v) is 4.38. The molecular weight excluding hydrogens is 184 g/mol. The molecule has 0 radical (unpaired) electrons. The van der Waals surface area contributed by atoms with Crippen LogP contribution in [0.1, 0.15) is 24.8 Å². The van der Waals surface area contributed by atoms with Crippen LogP contribution in [0.2, 0.25) is 0 Å². The molecule has 0 N–H and O–H groups in total. The van der Waals surface area contributed by atoms with E-state index in [1.807, 2.05) is 0 Å². The maximum atomic E-state index is 2.52. The largest absolute Gasteiger partial charge is 0.0773 e. The second kappa shape index (κ2) is 3.09. The molecule has 0 aromatic heterocycles. The topological polar surface area (TPSA) is 0 Å². The zero-order chi connectivity index (χ0) is 9.54. The number of fused-ring (bicyclic) bond motifs is 2. The molecule has 3 rings (SSSR count). The van der Waals surface area contributed by atoms with E-state index < -0.39 is 0 Å². The average Bonchev–Trinajstić information content (AvgIpc) is 2.80. The highest BCUT2D eigenvalue weighted by molar-refractivity contribution is 6.32. The third kappa shape index (κ3) is 1.27. The van der Waals surface area contributed by atoms with E-state index in [0.29, 0.717) is 0 Å². The molecule has 2 unspecified atom stereocenters. The lowest BCUT2D eigenvalue weighted by molar-refractivity contribution is 0.695. The molecule has 1 heteroatoms. The SMILES string of the molecule is [SiH3]c1ccc(C2=CC3CCC2C3)cc1. The molecule has 0 amide bonds. The second-order valence-corrected chi connectivity index (χ2v) is 5.91. The van der Waals surface area contributed by atoms with Crippen LogP contribution in [0.4, 0.5) is 0 Å². The molecule has 0 heterocycles. The fourth-order valence-electron chi connectivity index (χ4n) is 2.92. The highest BCUT2D eigenvalue weighted by Crippen LogP contribution is 2.47. The van der Waals surface area contributed by atoms with E-state index >= 15 is 0 Å². The Hall–Kier alpha value is -0.823. The Morgan fingerprint density at radius 2 is 1.86 bits per heavy atom.